The van der Waals surface area contributed by atoms with Crippen LogP contribution in [0.15, 0.2) is 48.5 Å². The molecule has 0 unspecified atom stereocenters. The Hall–Kier alpha value is -3.22. The minimum atomic E-state index is -0.512. The van der Waals surface area contributed by atoms with Crippen LogP contribution in [0.4, 0.5) is 5.69 Å². The molecule has 7 heteroatoms. The number of carbonyl (C=O) groups excluding carboxylic acids is 2. The van der Waals surface area contributed by atoms with E-state index in [0.29, 0.717) is 23.8 Å². The second-order valence-electron chi connectivity index (χ2n) is 5.44. The molecule has 2 aromatic rings. The maximum atomic E-state index is 11.8. The van der Waals surface area contributed by atoms with Crippen LogP contribution < -0.4 is 19.5 Å². The molecule has 2 aromatic carbocycles. The number of carbonyl (C=O) groups is 2. The predicted molar refractivity (Wildman–Crippen MR) is 100 cm³/mol. The molecule has 7 nitrogen and oxygen atoms in total. The van der Waals surface area contributed by atoms with E-state index in [0.717, 1.165) is 5.75 Å². The molecule has 0 fully saturated rings. The molecule has 1 N–H and O–H groups in total. The van der Waals surface area contributed by atoms with E-state index >= 15 is 0 Å². The van der Waals surface area contributed by atoms with Gasteiger partial charge >= 0.3 is 5.97 Å². The number of rotatable bonds is 10. The van der Waals surface area contributed by atoms with E-state index in [1.807, 2.05) is 6.92 Å². The molecule has 0 saturated carbocycles. The van der Waals surface area contributed by atoms with Gasteiger partial charge in [-0.05, 0) is 43.3 Å². The maximum absolute atomic E-state index is 11.8. The van der Waals surface area contributed by atoms with Gasteiger partial charge in [-0.1, -0.05) is 6.07 Å². The zero-order valence-corrected chi connectivity index (χ0v) is 15.4. The molecule has 2 rings (SSSR count). The summed E-state index contributed by atoms with van der Waals surface area (Å²) < 4.78 is 20.8. The fourth-order valence-electron chi connectivity index (χ4n) is 2.17. The molecule has 27 heavy (non-hydrogen) atoms. The first-order valence-corrected chi connectivity index (χ1v) is 8.56. The van der Waals surface area contributed by atoms with Crippen molar-refractivity contribution in [2.45, 2.75) is 13.3 Å². The lowest BCUT2D eigenvalue weighted by molar-refractivity contribution is -0.147. The monoisotopic (exact) mass is 373 g/mol. The van der Waals surface area contributed by atoms with Gasteiger partial charge in [-0.3, -0.25) is 9.59 Å². The first-order valence-electron chi connectivity index (χ1n) is 8.56. The Balaban J connectivity index is 1.65. The fourth-order valence-corrected chi connectivity index (χ4v) is 2.17. The van der Waals surface area contributed by atoms with E-state index in [9.17, 15) is 9.59 Å². The van der Waals surface area contributed by atoms with E-state index in [1.54, 1.807) is 48.5 Å². The van der Waals surface area contributed by atoms with Crippen molar-refractivity contribution in [3.8, 4) is 17.2 Å². The molecule has 0 saturated heterocycles. The fraction of sp³-hybridized carbons (Fsp3) is 0.300. The Labute approximate surface area is 158 Å². The molecule has 0 radical (unpaired) electrons. The number of ether oxygens (including phenoxy) is 4. The van der Waals surface area contributed by atoms with Crippen LogP contribution in [0.5, 0.6) is 17.2 Å². The van der Waals surface area contributed by atoms with Crippen LogP contribution >= 0.6 is 0 Å². The van der Waals surface area contributed by atoms with Crippen molar-refractivity contribution < 1.29 is 28.5 Å². The summed E-state index contributed by atoms with van der Waals surface area (Å²) >= 11 is 0. The number of hydrogen-bond donors (Lipinski definition) is 1. The van der Waals surface area contributed by atoms with Crippen LogP contribution in [0.3, 0.4) is 0 Å². The van der Waals surface area contributed by atoms with Gasteiger partial charge in [0.25, 0.3) is 5.91 Å². The third kappa shape index (κ3) is 7.27. The summed E-state index contributed by atoms with van der Waals surface area (Å²) in [5.74, 6) is 1.07. The Morgan fingerprint density at radius 1 is 0.963 bits per heavy atom. The Kier molecular flexibility index (Phi) is 7.96. The highest BCUT2D eigenvalue weighted by Crippen LogP contribution is 2.18. The summed E-state index contributed by atoms with van der Waals surface area (Å²) in [6, 6.07) is 14.0. The van der Waals surface area contributed by atoms with Crippen LogP contribution in [0, 0.1) is 0 Å². The molecule has 0 spiro atoms. The molecule has 0 aliphatic heterocycles. The van der Waals surface area contributed by atoms with Gasteiger partial charge in [-0.15, -0.1) is 0 Å². The van der Waals surface area contributed by atoms with E-state index in [4.69, 9.17) is 18.9 Å². The molecule has 1 amide bonds. The minimum absolute atomic E-state index is 0.0413. The second kappa shape index (κ2) is 10.7. The van der Waals surface area contributed by atoms with Crippen molar-refractivity contribution >= 4 is 17.6 Å². The molecular formula is C20H23NO6. The van der Waals surface area contributed by atoms with Crippen molar-refractivity contribution in [1.82, 2.24) is 0 Å². The first-order chi connectivity index (χ1) is 13.1. The summed E-state index contributed by atoms with van der Waals surface area (Å²) in [5, 5.41) is 2.63. The van der Waals surface area contributed by atoms with Crippen molar-refractivity contribution in [1.29, 1.82) is 0 Å². The lowest BCUT2D eigenvalue weighted by atomic mass is 10.3. The van der Waals surface area contributed by atoms with Crippen LogP contribution in [0.1, 0.15) is 13.3 Å². The number of nitrogens with one attached hydrogen (secondary N) is 1. The summed E-state index contributed by atoms with van der Waals surface area (Å²) in [6.45, 7) is 2.30. The van der Waals surface area contributed by atoms with Crippen molar-refractivity contribution in [3.63, 3.8) is 0 Å². The standard InChI is InChI=1S/C20H23NO6/c1-3-25-16-7-9-17(10-8-16)26-12-11-20(23)27-14-19(22)21-15-5-4-6-18(13-15)24-2/h4-10,13H,3,11-12,14H2,1-2H3,(H,21,22). The number of benzene rings is 2. The molecule has 0 atom stereocenters. The van der Waals surface area contributed by atoms with Crippen molar-refractivity contribution in [2.75, 3.05) is 32.2 Å². The summed E-state index contributed by atoms with van der Waals surface area (Å²) in [5.41, 5.74) is 0.564. The molecule has 0 aliphatic carbocycles. The van der Waals surface area contributed by atoms with Crippen LogP contribution in [0.25, 0.3) is 0 Å². The highest BCUT2D eigenvalue weighted by molar-refractivity contribution is 5.92. The van der Waals surface area contributed by atoms with Gasteiger partial charge in [0.1, 0.15) is 17.2 Å². The third-order valence-electron chi connectivity index (χ3n) is 3.43. The van der Waals surface area contributed by atoms with E-state index in [1.165, 1.54) is 7.11 Å². The highest BCUT2D eigenvalue weighted by Gasteiger charge is 2.09. The van der Waals surface area contributed by atoms with Gasteiger partial charge in [0, 0.05) is 11.8 Å². The van der Waals surface area contributed by atoms with Crippen LogP contribution in [-0.2, 0) is 14.3 Å². The summed E-state index contributed by atoms with van der Waals surface area (Å²) in [6.07, 6.45) is 0.0413. The average molecular weight is 373 g/mol. The van der Waals surface area contributed by atoms with Gasteiger partial charge in [0.2, 0.25) is 0 Å². The van der Waals surface area contributed by atoms with Crippen molar-refractivity contribution in [3.05, 3.63) is 48.5 Å². The lowest BCUT2D eigenvalue weighted by Crippen LogP contribution is -2.21. The molecule has 144 valence electrons. The quantitative estimate of drug-likeness (QED) is 0.645. The number of methoxy groups -OCH3 is 1. The number of esters is 1. The van der Waals surface area contributed by atoms with Crippen LogP contribution in [-0.4, -0.2) is 38.8 Å². The average Bonchev–Trinajstić information content (AvgIpc) is 2.68. The number of hydrogen-bond acceptors (Lipinski definition) is 6. The van der Waals surface area contributed by atoms with Gasteiger partial charge in [-0.2, -0.15) is 0 Å². The van der Waals surface area contributed by atoms with Gasteiger partial charge in [-0.25, -0.2) is 0 Å². The minimum Gasteiger partial charge on any atom is -0.497 e. The molecule has 0 aliphatic rings. The molecule has 0 aromatic heterocycles. The SMILES string of the molecule is CCOc1ccc(OCCC(=O)OCC(=O)Nc2cccc(OC)c2)cc1. The Bertz CT molecular complexity index is 744. The lowest BCUT2D eigenvalue weighted by Gasteiger charge is -2.09. The molecular weight excluding hydrogens is 350 g/mol. The zero-order chi connectivity index (χ0) is 19.5. The number of amides is 1. The van der Waals surface area contributed by atoms with Gasteiger partial charge in [0.05, 0.1) is 26.7 Å². The molecule has 0 heterocycles. The van der Waals surface area contributed by atoms with Crippen LogP contribution in [0.2, 0.25) is 0 Å². The zero-order valence-electron chi connectivity index (χ0n) is 15.4. The largest absolute Gasteiger partial charge is 0.497 e. The van der Waals surface area contributed by atoms with Gasteiger partial charge < -0.3 is 24.3 Å². The topological polar surface area (TPSA) is 83.1 Å². The Morgan fingerprint density at radius 2 is 1.67 bits per heavy atom. The third-order valence-corrected chi connectivity index (χ3v) is 3.43. The van der Waals surface area contributed by atoms with Gasteiger partial charge in [0.15, 0.2) is 6.61 Å². The highest BCUT2D eigenvalue weighted by atomic mass is 16.5. The normalized spacial score (nSPS) is 10.0. The Morgan fingerprint density at radius 3 is 2.33 bits per heavy atom. The summed E-state index contributed by atoms with van der Waals surface area (Å²) in [4.78, 5) is 23.5. The van der Waals surface area contributed by atoms with Crippen molar-refractivity contribution in [2.24, 2.45) is 0 Å². The second-order valence-corrected chi connectivity index (χ2v) is 5.44. The summed E-state index contributed by atoms with van der Waals surface area (Å²) in [7, 11) is 1.54. The molecule has 0 bridgehead atoms. The van der Waals surface area contributed by atoms with E-state index in [-0.39, 0.29) is 19.6 Å². The first kappa shape index (κ1) is 20.1. The predicted octanol–water partition coefficient (Wildman–Crippen LogP) is 3.04. The van der Waals surface area contributed by atoms with E-state index < -0.39 is 11.9 Å². The smallest absolute Gasteiger partial charge is 0.309 e. The maximum Gasteiger partial charge on any atom is 0.309 e. The number of anilines is 1. The van der Waals surface area contributed by atoms with E-state index in [2.05, 4.69) is 5.32 Å².